The monoisotopic (exact) mass is 379 g/mol. The van der Waals surface area contributed by atoms with Crippen molar-refractivity contribution in [2.24, 2.45) is 5.92 Å². The third-order valence-corrected chi connectivity index (χ3v) is 6.23. The minimum absolute atomic E-state index is 0.330. The maximum atomic E-state index is 12.3. The van der Waals surface area contributed by atoms with Gasteiger partial charge in [-0.2, -0.15) is 13.1 Å². The van der Waals surface area contributed by atoms with Crippen molar-refractivity contribution in [3.63, 3.8) is 0 Å². The summed E-state index contributed by atoms with van der Waals surface area (Å²) < 4.78 is 28.6. The van der Waals surface area contributed by atoms with Crippen LogP contribution in [0, 0.1) is 5.92 Å². The Morgan fingerprint density at radius 1 is 1.08 bits per heavy atom. The number of carbonyl (C=O) groups is 1. The SMILES string of the molecule is CC(C)CCCNS(=O)(=O)NC(=O)Nc1c2c(cc3c1CCC3)CCC2. The molecule has 0 bridgehead atoms. The Balaban J connectivity index is 1.64. The summed E-state index contributed by atoms with van der Waals surface area (Å²) in [6, 6.07) is 1.59. The molecule has 1 aromatic carbocycles. The van der Waals surface area contributed by atoms with Crippen molar-refractivity contribution < 1.29 is 13.2 Å². The van der Waals surface area contributed by atoms with Gasteiger partial charge in [0.25, 0.3) is 0 Å². The highest BCUT2D eigenvalue weighted by Crippen LogP contribution is 2.38. The van der Waals surface area contributed by atoms with Gasteiger partial charge in [-0.3, -0.25) is 0 Å². The first kappa shape index (κ1) is 19.2. The summed E-state index contributed by atoms with van der Waals surface area (Å²) in [6.45, 7) is 4.52. The average Bonchev–Trinajstić information content (AvgIpc) is 3.19. The second kappa shape index (κ2) is 7.96. The number of urea groups is 1. The van der Waals surface area contributed by atoms with Crippen LogP contribution >= 0.6 is 0 Å². The van der Waals surface area contributed by atoms with E-state index in [9.17, 15) is 13.2 Å². The Kier molecular flexibility index (Phi) is 5.87. The highest BCUT2D eigenvalue weighted by atomic mass is 32.2. The molecule has 3 rings (SSSR count). The summed E-state index contributed by atoms with van der Waals surface area (Å²) in [5.74, 6) is 0.526. The van der Waals surface area contributed by atoms with E-state index in [1.807, 2.05) is 0 Å². The number of amides is 2. The van der Waals surface area contributed by atoms with Crippen molar-refractivity contribution in [3.8, 4) is 0 Å². The lowest BCUT2D eigenvalue weighted by molar-refractivity contribution is 0.256. The van der Waals surface area contributed by atoms with Crippen LogP contribution < -0.4 is 14.8 Å². The standard InChI is InChI=1S/C19H29N3O3S/c1-13(2)6-5-11-20-26(24,25)22-19(23)21-18-16-9-3-7-14(16)12-15-8-4-10-17(15)18/h12-13,20H,3-11H2,1-2H3,(H2,21,22,23). The number of fused-ring (bicyclic) bond motifs is 2. The van der Waals surface area contributed by atoms with E-state index in [0.717, 1.165) is 57.1 Å². The van der Waals surface area contributed by atoms with Crippen LogP contribution in [-0.4, -0.2) is 21.0 Å². The molecule has 2 aliphatic carbocycles. The second-order valence-electron chi connectivity index (χ2n) is 7.72. The van der Waals surface area contributed by atoms with Crippen molar-refractivity contribution >= 4 is 21.9 Å². The molecule has 0 aliphatic heterocycles. The number of carbonyl (C=O) groups excluding carboxylic acids is 1. The van der Waals surface area contributed by atoms with Gasteiger partial charge in [0.05, 0.1) is 0 Å². The first-order valence-corrected chi connectivity index (χ1v) is 11.1. The van der Waals surface area contributed by atoms with Crippen molar-refractivity contribution in [2.75, 3.05) is 11.9 Å². The van der Waals surface area contributed by atoms with Gasteiger partial charge in [-0.1, -0.05) is 19.9 Å². The molecule has 2 amide bonds. The molecule has 0 heterocycles. The molecule has 144 valence electrons. The second-order valence-corrected chi connectivity index (χ2v) is 9.22. The molecular weight excluding hydrogens is 350 g/mol. The quantitative estimate of drug-likeness (QED) is 0.636. The van der Waals surface area contributed by atoms with E-state index < -0.39 is 16.2 Å². The zero-order valence-electron chi connectivity index (χ0n) is 15.7. The molecule has 0 saturated heterocycles. The van der Waals surface area contributed by atoms with Crippen molar-refractivity contribution in [1.82, 2.24) is 9.44 Å². The van der Waals surface area contributed by atoms with E-state index in [0.29, 0.717) is 12.5 Å². The van der Waals surface area contributed by atoms with Crippen molar-refractivity contribution in [1.29, 1.82) is 0 Å². The Morgan fingerprint density at radius 2 is 1.69 bits per heavy atom. The van der Waals surface area contributed by atoms with E-state index >= 15 is 0 Å². The minimum Gasteiger partial charge on any atom is -0.307 e. The first-order valence-electron chi connectivity index (χ1n) is 9.60. The van der Waals surface area contributed by atoms with Gasteiger partial charge in [-0.15, -0.1) is 0 Å². The molecule has 3 N–H and O–H groups in total. The van der Waals surface area contributed by atoms with E-state index in [-0.39, 0.29) is 0 Å². The summed E-state index contributed by atoms with van der Waals surface area (Å²) >= 11 is 0. The van der Waals surface area contributed by atoms with Crippen LogP contribution in [0.25, 0.3) is 0 Å². The topological polar surface area (TPSA) is 87.3 Å². The van der Waals surface area contributed by atoms with Crippen molar-refractivity contribution in [2.45, 2.75) is 65.2 Å². The summed E-state index contributed by atoms with van der Waals surface area (Å²) in [6.07, 6.45) is 7.82. The molecule has 0 saturated carbocycles. The summed E-state index contributed by atoms with van der Waals surface area (Å²) in [5.41, 5.74) is 5.82. The van der Waals surface area contributed by atoms with E-state index in [4.69, 9.17) is 0 Å². The molecule has 6 nitrogen and oxygen atoms in total. The number of hydrogen-bond donors (Lipinski definition) is 3. The molecule has 0 radical (unpaired) electrons. The highest BCUT2D eigenvalue weighted by molar-refractivity contribution is 7.88. The molecule has 2 aliphatic rings. The smallest absolute Gasteiger partial charge is 0.307 e. The number of nitrogens with one attached hydrogen (secondary N) is 3. The van der Waals surface area contributed by atoms with Gasteiger partial charge in [0.1, 0.15) is 0 Å². The number of hydrogen-bond acceptors (Lipinski definition) is 3. The number of rotatable bonds is 7. The normalized spacial score (nSPS) is 15.8. The molecule has 0 unspecified atom stereocenters. The molecule has 1 aromatic rings. The van der Waals surface area contributed by atoms with Crippen molar-refractivity contribution in [3.05, 3.63) is 28.3 Å². The van der Waals surface area contributed by atoms with Crippen LogP contribution in [0.3, 0.4) is 0 Å². The van der Waals surface area contributed by atoms with Crippen LogP contribution in [-0.2, 0) is 35.9 Å². The zero-order chi connectivity index (χ0) is 18.7. The summed E-state index contributed by atoms with van der Waals surface area (Å²) in [5, 5.41) is 2.84. The third-order valence-electron chi connectivity index (χ3n) is 5.19. The Bertz CT molecular complexity index is 755. The van der Waals surface area contributed by atoms with E-state index in [2.05, 4.69) is 34.7 Å². The van der Waals surface area contributed by atoms with Crippen LogP contribution in [0.2, 0.25) is 0 Å². The maximum absolute atomic E-state index is 12.3. The fourth-order valence-corrected chi connectivity index (χ4v) is 4.76. The van der Waals surface area contributed by atoms with Gasteiger partial charge in [-0.05, 0) is 79.5 Å². The lowest BCUT2D eigenvalue weighted by Crippen LogP contribution is -2.43. The molecule has 0 atom stereocenters. The first-order chi connectivity index (χ1) is 12.4. The Morgan fingerprint density at radius 3 is 2.27 bits per heavy atom. The van der Waals surface area contributed by atoms with Crippen LogP contribution in [0.5, 0.6) is 0 Å². The number of benzene rings is 1. The molecule has 7 heteroatoms. The average molecular weight is 380 g/mol. The summed E-state index contributed by atoms with van der Waals surface area (Å²) in [7, 11) is -3.84. The largest absolute Gasteiger partial charge is 0.333 e. The van der Waals surface area contributed by atoms with Gasteiger partial charge in [0.15, 0.2) is 0 Å². The van der Waals surface area contributed by atoms with Crippen LogP contribution in [0.15, 0.2) is 6.07 Å². The van der Waals surface area contributed by atoms with Crippen LogP contribution in [0.4, 0.5) is 10.5 Å². The molecule has 0 fully saturated rings. The predicted octanol–water partition coefficient (Wildman–Crippen LogP) is 3.06. The van der Waals surface area contributed by atoms with Gasteiger partial charge < -0.3 is 5.32 Å². The highest BCUT2D eigenvalue weighted by Gasteiger charge is 2.25. The van der Waals surface area contributed by atoms with Gasteiger partial charge in [-0.25, -0.2) is 9.52 Å². The minimum atomic E-state index is -3.84. The van der Waals surface area contributed by atoms with E-state index in [1.54, 1.807) is 0 Å². The van der Waals surface area contributed by atoms with E-state index in [1.165, 1.54) is 22.3 Å². The fraction of sp³-hybridized carbons (Fsp3) is 0.632. The molecule has 0 aromatic heterocycles. The Hall–Kier alpha value is -1.60. The maximum Gasteiger partial charge on any atom is 0.333 e. The number of aryl methyl sites for hydroxylation is 2. The molecular formula is C19H29N3O3S. The molecule has 0 spiro atoms. The predicted molar refractivity (Wildman–Crippen MR) is 104 cm³/mol. The lowest BCUT2D eigenvalue weighted by Gasteiger charge is -2.16. The number of anilines is 1. The zero-order valence-corrected chi connectivity index (χ0v) is 16.5. The van der Waals surface area contributed by atoms with Gasteiger partial charge >= 0.3 is 16.2 Å². The Labute approximate surface area is 156 Å². The molecule has 26 heavy (non-hydrogen) atoms. The van der Waals surface area contributed by atoms with Crippen LogP contribution in [0.1, 0.15) is 61.8 Å². The fourth-order valence-electron chi connectivity index (χ4n) is 3.98. The summed E-state index contributed by atoms with van der Waals surface area (Å²) in [4.78, 5) is 12.3. The van der Waals surface area contributed by atoms with Gasteiger partial charge in [0.2, 0.25) is 0 Å². The third kappa shape index (κ3) is 4.57. The van der Waals surface area contributed by atoms with Gasteiger partial charge in [0, 0.05) is 12.2 Å². The lowest BCUT2D eigenvalue weighted by atomic mass is 9.99.